The molecule has 0 aliphatic carbocycles. The lowest BCUT2D eigenvalue weighted by atomic mass is 10.1. The molecule has 0 aliphatic heterocycles. The maximum Gasteiger partial charge on any atom is 0.240 e. The highest BCUT2D eigenvalue weighted by Gasteiger charge is 2.17. The van der Waals surface area contributed by atoms with Crippen LogP contribution in [0.25, 0.3) is 0 Å². The fourth-order valence-corrected chi connectivity index (χ4v) is 3.33. The van der Waals surface area contributed by atoms with Gasteiger partial charge in [0.1, 0.15) is 0 Å². The van der Waals surface area contributed by atoms with Crippen LogP contribution in [-0.2, 0) is 23.1 Å². The second-order valence-electron chi connectivity index (χ2n) is 4.56. The molecule has 0 saturated heterocycles. The van der Waals surface area contributed by atoms with Crippen LogP contribution >= 0.6 is 0 Å². The summed E-state index contributed by atoms with van der Waals surface area (Å²) in [7, 11) is -3.48. The average molecular weight is 285 g/mol. The second-order valence-corrected chi connectivity index (χ2v) is 6.29. The summed E-state index contributed by atoms with van der Waals surface area (Å²) in [5, 5.41) is 9.12. The lowest BCUT2D eigenvalue weighted by Gasteiger charge is -2.11. The van der Waals surface area contributed by atoms with E-state index in [9.17, 15) is 8.42 Å². The van der Waals surface area contributed by atoms with Gasteiger partial charge < -0.3 is 5.11 Å². The number of aliphatic hydroxyl groups excluding tert-OH is 1. The van der Waals surface area contributed by atoms with Gasteiger partial charge in [-0.15, -0.1) is 0 Å². The molecule has 4 nitrogen and oxygen atoms in total. The van der Waals surface area contributed by atoms with E-state index < -0.39 is 10.0 Å². The monoisotopic (exact) mass is 285 g/mol. The summed E-state index contributed by atoms with van der Waals surface area (Å²) in [5.41, 5.74) is 1.39. The lowest BCUT2D eigenvalue weighted by molar-refractivity contribution is 0.281. The highest BCUT2D eigenvalue weighted by atomic mass is 32.2. The zero-order valence-electron chi connectivity index (χ0n) is 11.6. The number of unbranched alkanes of at least 4 members (excludes halogenated alkanes) is 2. The zero-order valence-corrected chi connectivity index (χ0v) is 12.5. The number of aryl methyl sites for hydroxylation is 1. The molecule has 19 heavy (non-hydrogen) atoms. The third-order valence-electron chi connectivity index (χ3n) is 3.06. The number of hydrogen-bond acceptors (Lipinski definition) is 3. The fraction of sp³-hybridized carbons (Fsp3) is 0.571. The molecule has 2 N–H and O–H groups in total. The zero-order chi connectivity index (χ0) is 14.3. The van der Waals surface area contributed by atoms with Crippen molar-refractivity contribution in [3.8, 4) is 0 Å². The van der Waals surface area contributed by atoms with Crippen molar-refractivity contribution in [2.24, 2.45) is 0 Å². The van der Waals surface area contributed by atoms with Gasteiger partial charge in [0.2, 0.25) is 10.0 Å². The molecule has 0 atom stereocenters. The fourth-order valence-electron chi connectivity index (χ4n) is 1.90. The van der Waals surface area contributed by atoms with Crippen LogP contribution in [0.15, 0.2) is 23.1 Å². The smallest absolute Gasteiger partial charge is 0.240 e. The van der Waals surface area contributed by atoms with E-state index in [1.807, 2.05) is 6.92 Å². The summed E-state index contributed by atoms with van der Waals surface area (Å²) in [6.45, 7) is 4.31. The summed E-state index contributed by atoms with van der Waals surface area (Å²) in [6, 6.07) is 5.09. The predicted molar refractivity (Wildman–Crippen MR) is 76.5 cm³/mol. The Hall–Kier alpha value is -0.910. The maximum absolute atomic E-state index is 12.3. The molecular weight excluding hydrogens is 262 g/mol. The Morgan fingerprint density at radius 3 is 2.53 bits per heavy atom. The molecule has 0 bridgehead atoms. The molecule has 5 heteroatoms. The third-order valence-corrected chi connectivity index (χ3v) is 4.60. The van der Waals surface area contributed by atoms with Gasteiger partial charge >= 0.3 is 0 Å². The van der Waals surface area contributed by atoms with Crippen molar-refractivity contribution in [3.63, 3.8) is 0 Å². The predicted octanol–water partition coefficient (Wildman–Crippen LogP) is 2.21. The van der Waals surface area contributed by atoms with Gasteiger partial charge in [0.05, 0.1) is 11.5 Å². The van der Waals surface area contributed by atoms with E-state index in [0.29, 0.717) is 18.5 Å². The standard InChI is InChI=1S/C14H23NO3S/c1-3-5-6-9-15-19(17,18)14-10-12(11-16)7-8-13(14)4-2/h7-8,10,15-16H,3-6,9,11H2,1-2H3. The Bertz CT molecular complexity index is 497. The van der Waals surface area contributed by atoms with E-state index in [4.69, 9.17) is 5.11 Å². The van der Waals surface area contributed by atoms with Crippen molar-refractivity contribution < 1.29 is 13.5 Å². The molecule has 0 fully saturated rings. The van der Waals surface area contributed by atoms with Crippen molar-refractivity contribution >= 4 is 10.0 Å². The number of benzene rings is 1. The lowest BCUT2D eigenvalue weighted by Crippen LogP contribution is -2.26. The Kier molecular flexibility index (Phi) is 6.48. The van der Waals surface area contributed by atoms with Gasteiger partial charge in [-0.3, -0.25) is 0 Å². The van der Waals surface area contributed by atoms with Crippen LogP contribution < -0.4 is 4.72 Å². The molecule has 0 unspecified atom stereocenters. The third kappa shape index (κ3) is 4.60. The number of aliphatic hydroxyl groups is 1. The Morgan fingerprint density at radius 2 is 1.95 bits per heavy atom. The summed E-state index contributed by atoms with van der Waals surface area (Å²) >= 11 is 0. The minimum Gasteiger partial charge on any atom is -0.392 e. The van der Waals surface area contributed by atoms with Crippen LogP contribution in [-0.4, -0.2) is 20.1 Å². The molecule has 0 spiro atoms. The molecular formula is C14H23NO3S. The van der Waals surface area contributed by atoms with E-state index in [-0.39, 0.29) is 11.5 Å². The minimum absolute atomic E-state index is 0.150. The van der Waals surface area contributed by atoms with Crippen LogP contribution in [0.3, 0.4) is 0 Å². The maximum atomic E-state index is 12.3. The molecule has 0 radical (unpaired) electrons. The first kappa shape index (κ1) is 16.1. The van der Waals surface area contributed by atoms with Crippen LogP contribution in [0.5, 0.6) is 0 Å². The van der Waals surface area contributed by atoms with Gasteiger partial charge in [0.25, 0.3) is 0 Å². The van der Waals surface area contributed by atoms with Gasteiger partial charge in [0.15, 0.2) is 0 Å². The van der Waals surface area contributed by atoms with Crippen LogP contribution in [0.2, 0.25) is 0 Å². The highest BCUT2D eigenvalue weighted by molar-refractivity contribution is 7.89. The first-order chi connectivity index (χ1) is 9.05. The van der Waals surface area contributed by atoms with E-state index in [0.717, 1.165) is 24.8 Å². The van der Waals surface area contributed by atoms with E-state index in [1.165, 1.54) is 0 Å². The molecule has 108 valence electrons. The van der Waals surface area contributed by atoms with E-state index >= 15 is 0 Å². The quantitative estimate of drug-likeness (QED) is 0.720. The minimum atomic E-state index is -3.48. The van der Waals surface area contributed by atoms with Crippen LogP contribution in [0, 0.1) is 0 Å². The van der Waals surface area contributed by atoms with Crippen molar-refractivity contribution in [1.29, 1.82) is 0 Å². The van der Waals surface area contributed by atoms with E-state index in [1.54, 1.807) is 18.2 Å². The molecule has 1 rings (SSSR count). The SMILES string of the molecule is CCCCCNS(=O)(=O)c1cc(CO)ccc1CC. The normalized spacial score (nSPS) is 11.7. The first-order valence-corrected chi connectivity index (χ1v) is 8.25. The van der Waals surface area contributed by atoms with Crippen LogP contribution in [0.4, 0.5) is 0 Å². The van der Waals surface area contributed by atoms with Gasteiger partial charge in [-0.05, 0) is 30.0 Å². The first-order valence-electron chi connectivity index (χ1n) is 6.77. The molecule has 1 aromatic carbocycles. The Morgan fingerprint density at radius 1 is 1.21 bits per heavy atom. The van der Waals surface area contributed by atoms with E-state index in [2.05, 4.69) is 11.6 Å². The average Bonchev–Trinajstić information content (AvgIpc) is 2.43. The Labute approximate surface area is 115 Å². The topological polar surface area (TPSA) is 66.4 Å². The van der Waals surface area contributed by atoms with Gasteiger partial charge in [-0.2, -0.15) is 0 Å². The van der Waals surface area contributed by atoms with Crippen molar-refractivity contribution in [2.75, 3.05) is 6.54 Å². The molecule has 0 aliphatic rings. The molecule has 0 saturated carbocycles. The van der Waals surface area contributed by atoms with Crippen LogP contribution in [0.1, 0.15) is 44.2 Å². The van der Waals surface area contributed by atoms with Crippen molar-refractivity contribution in [3.05, 3.63) is 29.3 Å². The number of nitrogens with one attached hydrogen (secondary N) is 1. The summed E-state index contributed by atoms with van der Waals surface area (Å²) < 4.78 is 27.1. The summed E-state index contributed by atoms with van der Waals surface area (Å²) in [6.07, 6.45) is 3.57. The van der Waals surface area contributed by atoms with Gasteiger partial charge in [-0.25, -0.2) is 13.1 Å². The molecule has 0 amide bonds. The van der Waals surface area contributed by atoms with Crippen molar-refractivity contribution in [1.82, 2.24) is 4.72 Å². The largest absolute Gasteiger partial charge is 0.392 e. The molecule has 1 aromatic rings. The highest BCUT2D eigenvalue weighted by Crippen LogP contribution is 2.18. The summed E-state index contributed by atoms with van der Waals surface area (Å²) in [4.78, 5) is 0.290. The van der Waals surface area contributed by atoms with Crippen molar-refractivity contribution in [2.45, 2.75) is 51.0 Å². The number of rotatable bonds is 8. The summed E-state index contributed by atoms with van der Waals surface area (Å²) in [5.74, 6) is 0. The van der Waals surface area contributed by atoms with Gasteiger partial charge in [0, 0.05) is 6.54 Å². The molecule has 0 heterocycles. The Balaban J connectivity index is 2.92. The van der Waals surface area contributed by atoms with Gasteiger partial charge in [-0.1, -0.05) is 38.8 Å². The second kappa shape index (κ2) is 7.62. The number of sulfonamides is 1. The number of hydrogen-bond donors (Lipinski definition) is 2. The molecule has 0 aromatic heterocycles.